The van der Waals surface area contributed by atoms with Gasteiger partial charge in [-0.25, -0.2) is 0 Å². The number of methoxy groups -OCH3 is 1. The van der Waals surface area contributed by atoms with E-state index < -0.39 is 11.9 Å². The number of carbonyl (C=O) groups is 2. The molecule has 0 saturated heterocycles. The van der Waals surface area contributed by atoms with Gasteiger partial charge in [0.15, 0.2) is 5.78 Å². The molecule has 0 aliphatic heterocycles. The lowest BCUT2D eigenvalue weighted by atomic mass is 10.1. The highest BCUT2D eigenvalue weighted by atomic mass is 79.9. The average molecular weight is 277 g/mol. The van der Waals surface area contributed by atoms with Crippen LogP contribution in [0.15, 0.2) is 15.9 Å². The van der Waals surface area contributed by atoms with Crippen LogP contribution in [0, 0.1) is 5.92 Å². The van der Waals surface area contributed by atoms with E-state index in [0.29, 0.717) is 4.88 Å². The third kappa shape index (κ3) is 2.42. The highest BCUT2D eigenvalue weighted by molar-refractivity contribution is 9.10. The molecule has 3 nitrogen and oxygen atoms in total. The molecule has 0 bridgehead atoms. The van der Waals surface area contributed by atoms with Crippen molar-refractivity contribution in [3.63, 3.8) is 0 Å². The third-order valence-electron chi connectivity index (χ3n) is 1.76. The van der Waals surface area contributed by atoms with Crippen molar-refractivity contribution in [2.75, 3.05) is 7.11 Å². The second-order valence-corrected chi connectivity index (χ2v) is 4.57. The molecule has 0 spiro atoms. The van der Waals surface area contributed by atoms with Gasteiger partial charge in [-0.2, -0.15) is 0 Å². The normalized spacial score (nSPS) is 12.2. The van der Waals surface area contributed by atoms with E-state index in [-0.39, 0.29) is 5.78 Å². The summed E-state index contributed by atoms with van der Waals surface area (Å²) in [4.78, 5) is 23.3. The number of carbonyl (C=O) groups excluding carboxylic acids is 2. The first kappa shape index (κ1) is 11.4. The molecule has 1 aromatic heterocycles. The highest BCUT2D eigenvalue weighted by Crippen LogP contribution is 2.22. The van der Waals surface area contributed by atoms with Crippen LogP contribution in [-0.2, 0) is 9.53 Å². The number of thiophene rings is 1. The van der Waals surface area contributed by atoms with Gasteiger partial charge in [-0.3, -0.25) is 9.59 Å². The molecule has 1 aromatic rings. The number of halogens is 1. The van der Waals surface area contributed by atoms with E-state index in [2.05, 4.69) is 20.7 Å². The SMILES string of the molecule is COC(=O)C(C)C(=O)c1cc(Br)cs1. The van der Waals surface area contributed by atoms with Crippen molar-refractivity contribution in [3.05, 3.63) is 20.8 Å². The zero-order valence-corrected chi connectivity index (χ0v) is 10.1. The molecular formula is C9H9BrO3S. The standard InChI is InChI=1S/C9H9BrO3S/c1-5(9(12)13-2)8(11)7-3-6(10)4-14-7/h3-5H,1-2H3. The Bertz CT molecular complexity index is 359. The van der Waals surface area contributed by atoms with Gasteiger partial charge in [0.05, 0.1) is 12.0 Å². The van der Waals surface area contributed by atoms with Gasteiger partial charge in [0, 0.05) is 9.85 Å². The van der Waals surface area contributed by atoms with Crippen LogP contribution in [0.3, 0.4) is 0 Å². The zero-order chi connectivity index (χ0) is 10.7. The number of esters is 1. The maximum atomic E-state index is 11.6. The number of ether oxygens (including phenoxy) is 1. The van der Waals surface area contributed by atoms with Gasteiger partial charge in [0.1, 0.15) is 5.92 Å². The van der Waals surface area contributed by atoms with Gasteiger partial charge in [0.25, 0.3) is 0 Å². The van der Waals surface area contributed by atoms with Gasteiger partial charge < -0.3 is 4.74 Å². The van der Waals surface area contributed by atoms with Gasteiger partial charge in [-0.05, 0) is 28.9 Å². The second kappa shape index (κ2) is 4.70. The Labute approximate surface area is 94.2 Å². The maximum Gasteiger partial charge on any atom is 0.316 e. The Balaban J connectivity index is 2.80. The van der Waals surface area contributed by atoms with Crippen molar-refractivity contribution in [1.29, 1.82) is 0 Å². The van der Waals surface area contributed by atoms with E-state index in [1.54, 1.807) is 18.4 Å². The molecule has 5 heteroatoms. The van der Waals surface area contributed by atoms with Gasteiger partial charge in [-0.15, -0.1) is 11.3 Å². The van der Waals surface area contributed by atoms with Crippen LogP contribution in [-0.4, -0.2) is 18.9 Å². The maximum absolute atomic E-state index is 11.6. The molecule has 0 saturated carbocycles. The molecule has 1 atom stereocenters. The molecule has 0 radical (unpaired) electrons. The lowest BCUT2D eigenvalue weighted by Crippen LogP contribution is -2.21. The monoisotopic (exact) mass is 276 g/mol. The summed E-state index contributed by atoms with van der Waals surface area (Å²) in [6.07, 6.45) is 0. The van der Waals surface area contributed by atoms with E-state index >= 15 is 0 Å². The number of ketones is 1. The number of Topliss-reactive ketones (excluding diaryl/α,β-unsaturated/α-hetero) is 1. The molecule has 1 unspecified atom stereocenters. The van der Waals surface area contributed by atoms with Crippen molar-refractivity contribution in [1.82, 2.24) is 0 Å². The Morgan fingerprint density at radius 2 is 2.21 bits per heavy atom. The van der Waals surface area contributed by atoms with Crippen molar-refractivity contribution >= 4 is 39.0 Å². The van der Waals surface area contributed by atoms with Crippen molar-refractivity contribution in [3.8, 4) is 0 Å². The summed E-state index contributed by atoms with van der Waals surface area (Å²) >= 11 is 4.56. The highest BCUT2D eigenvalue weighted by Gasteiger charge is 2.24. The topological polar surface area (TPSA) is 43.4 Å². The summed E-state index contributed by atoms with van der Waals surface area (Å²) in [5, 5.41) is 1.80. The Morgan fingerprint density at radius 1 is 1.57 bits per heavy atom. The molecule has 0 aliphatic carbocycles. The van der Waals surface area contributed by atoms with Crippen LogP contribution >= 0.6 is 27.3 Å². The van der Waals surface area contributed by atoms with Crippen LogP contribution in [0.5, 0.6) is 0 Å². The molecule has 14 heavy (non-hydrogen) atoms. The molecule has 0 fully saturated rings. The number of hydrogen-bond donors (Lipinski definition) is 0. The van der Waals surface area contributed by atoms with E-state index in [9.17, 15) is 9.59 Å². The predicted octanol–water partition coefficient (Wildman–Crippen LogP) is 2.50. The van der Waals surface area contributed by atoms with Crippen LogP contribution in [0.4, 0.5) is 0 Å². The minimum Gasteiger partial charge on any atom is -0.468 e. The molecule has 76 valence electrons. The summed E-state index contributed by atoms with van der Waals surface area (Å²) in [6, 6.07) is 1.70. The van der Waals surface area contributed by atoms with Crippen LogP contribution in [0.25, 0.3) is 0 Å². The van der Waals surface area contributed by atoms with E-state index in [1.165, 1.54) is 18.4 Å². The van der Waals surface area contributed by atoms with Crippen molar-refractivity contribution < 1.29 is 14.3 Å². The fraction of sp³-hybridized carbons (Fsp3) is 0.333. The van der Waals surface area contributed by atoms with E-state index in [4.69, 9.17) is 0 Å². The quantitative estimate of drug-likeness (QED) is 0.484. The summed E-state index contributed by atoms with van der Waals surface area (Å²) in [6.45, 7) is 1.54. The third-order valence-corrected chi connectivity index (χ3v) is 3.46. The molecule has 1 heterocycles. The van der Waals surface area contributed by atoms with Crippen molar-refractivity contribution in [2.24, 2.45) is 5.92 Å². The molecule has 1 rings (SSSR count). The van der Waals surface area contributed by atoms with Crippen LogP contribution < -0.4 is 0 Å². The van der Waals surface area contributed by atoms with Gasteiger partial charge in [0.2, 0.25) is 0 Å². The van der Waals surface area contributed by atoms with Crippen LogP contribution in [0.2, 0.25) is 0 Å². The number of hydrogen-bond acceptors (Lipinski definition) is 4. The number of rotatable bonds is 3. The van der Waals surface area contributed by atoms with Gasteiger partial charge in [-0.1, -0.05) is 0 Å². The fourth-order valence-corrected chi connectivity index (χ4v) is 2.40. The molecule has 0 aliphatic rings. The van der Waals surface area contributed by atoms with Crippen molar-refractivity contribution in [2.45, 2.75) is 6.92 Å². The fourth-order valence-electron chi connectivity index (χ4n) is 0.939. The first-order valence-corrected chi connectivity index (χ1v) is 5.59. The Hall–Kier alpha value is -0.680. The second-order valence-electron chi connectivity index (χ2n) is 2.74. The molecular weight excluding hydrogens is 268 g/mol. The summed E-state index contributed by atoms with van der Waals surface area (Å²) < 4.78 is 5.34. The molecule has 0 N–H and O–H groups in total. The first-order valence-electron chi connectivity index (χ1n) is 3.92. The lowest BCUT2D eigenvalue weighted by molar-refractivity contribution is -0.143. The smallest absolute Gasteiger partial charge is 0.316 e. The Kier molecular flexibility index (Phi) is 3.83. The molecule has 0 amide bonds. The Morgan fingerprint density at radius 3 is 2.64 bits per heavy atom. The summed E-state index contributed by atoms with van der Waals surface area (Å²) in [5.41, 5.74) is 0. The predicted molar refractivity (Wildman–Crippen MR) is 57.5 cm³/mol. The summed E-state index contributed by atoms with van der Waals surface area (Å²) in [5.74, 6) is -1.43. The first-order chi connectivity index (χ1) is 6.56. The largest absolute Gasteiger partial charge is 0.468 e. The molecule has 0 aromatic carbocycles. The minimum atomic E-state index is -0.731. The average Bonchev–Trinajstić information content (AvgIpc) is 2.61. The minimum absolute atomic E-state index is 0.201. The van der Waals surface area contributed by atoms with Crippen LogP contribution in [0.1, 0.15) is 16.6 Å². The zero-order valence-electron chi connectivity index (χ0n) is 7.74. The lowest BCUT2D eigenvalue weighted by Gasteiger charge is -2.05. The van der Waals surface area contributed by atoms with Gasteiger partial charge >= 0.3 is 5.97 Å². The summed E-state index contributed by atoms with van der Waals surface area (Å²) in [7, 11) is 1.27. The van der Waals surface area contributed by atoms with E-state index in [1.807, 2.05) is 0 Å². The van der Waals surface area contributed by atoms with E-state index in [0.717, 1.165) is 4.47 Å².